The molecule has 0 aliphatic heterocycles. The second kappa shape index (κ2) is 6.66. The van der Waals surface area contributed by atoms with E-state index in [1.807, 2.05) is 43.3 Å². The molecule has 3 aromatic rings. The van der Waals surface area contributed by atoms with Crippen molar-refractivity contribution >= 4 is 16.9 Å². The van der Waals surface area contributed by atoms with E-state index in [4.69, 9.17) is 9.15 Å². The lowest BCUT2D eigenvalue weighted by molar-refractivity contribution is 0.108. The van der Waals surface area contributed by atoms with Crippen molar-refractivity contribution in [3.05, 3.63) is 59.7 Å². The van der Waals surface area contributed by atoms with Crippen LogP contribution in [0.5, 0.6) is 5.75 Å². The summed E-state index contributed by atoms with van der Waals surface area (Å²) >= 11 is 0.922. The highest BCUT2D eigenvalue weighted by molar-refractivity contribution is 8.14. The van der Waals surface area contributed by atoms with Crippen molar-refractivity contribution in [2.45, 2.75) is 12.1 Å². The fraction of sp³-hybridized carbons (Fsp3) is 0.118. The second-order valence-electron chi connectivity index (χ2n) is 4.86. The molecule has 0 saturated heterocycles. The van der Waals surface area contributed by atoms with E-state index in [0.29, 0.717) is 11.5 Å². The van der Waals surface area contributed by atoms with E-state index in [-0.39, 0.29) is 10.3 Å². The molecular weight excluding hydrogens is 312 g/mol. The summed E-state index contributed by atoms with van der Waals surface area (Å²) in [6.45, 7) is 1.97. The molecule has 0 bridgehead atoms. The third-order valence-electron chi connectivity index (χ3n) is 3.21. The van der Waals surface area contributed by atoms with Gasteiger partial charge in [0.1, 0.15) is 5.75 Å². The zero-order valence-corrected chi connectivity index (χ0v) is 13.5. The number of hydrogen-bond donors (Lipinski definition) is 0. The third-order valence-corrected chi connectivity index (χ3v) is 3.97. The van der Waals surface area contributed by atoms with Crippen molar-refractivity contribution in [3.63, 3.8) is 0 Å². The van der Waals surface area contributed by atoms with Gasteiger partial charge in [0.2, 0.25) is 11.0 Å². The fourth-order valence-electron chi connectivity index (χ4n) is 1.93. The number of nitrogens with zero attached hydrogens (tertiary/aromatic N) is 2. The minimum atomic E-state index is -0.130. The van der Waals surface area contributed by atoms with Crippen LogP contribution >= 0.6 is 11.8 Å². The van der Waals surface area contributed by atoms with E-state index < -0.39 is 0 Å². The highest BCUT2D eigenvalue weighted by Crippen LogP contribution is 2.26. The van der Waals surface area contributed by atoms with Crippen LogP contribution in [0.3, 0.4) is 0 Å². The predicted octanol–water partition coefficient (Wildman–Crippen LogP) is 3.99. The molecule has 5 nitrogen and oxygen atoms in total. The molecule has 3 rings (SSSR count). The Balaban J connectivity index is 1.73. The van der Waals surface area contributed by atoms with Crippen molar-refractivity contribution < 1.29 is 13.9 Å². The summed E-state index contributed by atoms with van der Waals surface area (Å²) in [5.74, 6) is 1.12. The van der Waals surface area contributed by atoms with Crippen molar-refractivity contribution in [1.82, 2.24) is 10.2 Å². The molecule has 0 radical (unpaired) electrons. The lowest BCUT2D eigenvalue weighted by Crippen LogP contribution is -1.92. The van der Waals surface area contributed by atoms with Gasteiger partial charge in [0.25, 0.3) is 5.22 Å². The van der Waals surface area contributed by atoms with Crippen LogP contribution in [0.25, 0.3) is 11.5 Å². The number of benzene rings is 2. The summed E-state index contributed by atoms with van der Waals surface area (Å²) in [5.41, 5.74) is 2.48. The maximum Gasteiger partial charge on any atom is 0.284 e. The van der Waals surface area contributed by atoms with Gasteiger partial charge in [0, 0.05) is 22.9 Å². The van der Waals surface area contributed by atoms with Gasteiger partial charge in [-0.15, -0.1) is 10.2 Å². The monoisotopic (exact) mass is 326 g/mol. The summed E-state index contributed by atoms with van der Waals surface area (Å²) in [7, 11) is 1.60. The molecule has 6 heteroatoms. The summed E-state index contributed by atoms with van der Waals surface area (Å²) in [4.78, 5) is 12.2. The molecule has 1 heterocycles. The minimum Gasteiger partial charge on any atom is -0.497 e. The van der Waals surface area contributed by atoms with Gasteiger partial charge < -0.3 is 9.15 Å². The molecule has 0 aliphatic carbocycles. The van der Waals surface area contributed by atoms with Crippen LogP contribution in [0, 0.1) is 6.92 Å². The molecule has 0 N–H and O–H groups in total. The Morgan fingerprint density at radius 2 is 1.74 bits per heavy atom. The number of carbonyl (C=O) groups excluding carboxylic acids is 1. The van der Waals surface area contributed by atoms with Gasteiger partial charge in [-0.1, -0.05) is 29.8 Å². The lowest BCUT2D eigenvalue weighted by Gasteiger charge is -1.99. The first-order valence-corrected chi connectivity index (χ1v) is 7.74. The van der Waals surface area contributed by atoms with Crippen LogP contribution in [0.15, 0.2) is 58.2 Å². The lowest BCUT2D eigenvalue weighted by atomic mass is 10.2. The molecule has 0 spiro atoms. The van der Waals surface area contributed by atoms with Crippen LogP contribution < -0.4 is 4.74 Å². The Labute approximate surface area is 137 Å². The van der Waals surface area contributed by atoms with E-state index in [0.717, 1.165) is 28.6 Å². The summed E-state index contributed by atoms with van der Waals surface area (Å²) in [5, 5.41) is 7.98. The first-order chi connectivity index (χ1) is 11.2. The van der Waals surface area contributed by atoms with Crippen LogP contribution in [0.4, 0.5) is 0 Å². The van der Waals surface area contributed by atoms with Crippen LogP contribution in [-0.4, -0.2) is 22.4 Å². The van der Waals surface area contributed by atoms with Gasteiger partial charge in [-0.3, -0.25) is 4.79 Å². The van der Waals surface area contributed by atoms with Gasteiger partial charge in [-0.05, 0) is 31.2 Å². The third kappa shape index (κ3) is 3.60. The number of rotatable bonds is 4. The SMILES string of the molecule is COc1ccc(-c2nnc(SC(=O)c3ccc(C)cc3)o2)cc1. The zero-order chi connectivity index (χ0) is 16.2. The van der Waals surface area contributed by atoms with Gasteiger partial charge in [-0.25, -0.2) is 0 Å². The average Bonchev–Trinajstić information content (AvgIpc) is 3.04. The topological polar surface area (TPSA) is 65.2 Å². The van der Waals surface area contributed by atoms with E-state index in [2.05, 4.69) is 10.2 Å². The number of hydrogen-bond acceptors (Lipinski definition) is 6. The fourth-order valence-corrected chi connectivity index (χ4v) is 2.54. The van der Waals surface area contributed by atoms with Gasteiger partial charge in [0.15, 0.2) is 0 Å². The Morgan fingerprint density at radius 1 is 1.04 bits per heavy atom. The average molecular weight is 326 g/mol. The first-order valence-electron chi connectivity index (χ1n) is 6.92. The number of aromatic nitrogens is 2. The molecule has 0 atom stereocenters. The quantitative estimate of drug-likeness (QED) is 0.676. The molecule has 0 amide bonds. The Morgan fingerprint density at radius 3 is 2.39 bits per heavy atom. The van der Waals surface area contributed by atoms with E-state index >= 15 is 0 Å². The van der Waals surface area contributed by atoms with E-state index in [1.54, 1.807) is 19.2 Å². The number of aryl methyl sites for hydroxylation is 1. The van der Waals surface area contributed by atoms with Crippen LogP contribution in [0.1, 0.15) is 15.9 Å². The van der Waals surface area contributed by atoms with E-state index in [9.17, 15) is 4.79 Å². The van der Waals surface area contributed by atoms with Crippen molar-refractivity contribution in [2.24, 2.45) is 0 Å². The highest BCUT2D eigenvalue weighted by Gasteiger charge is 2.15. The standard InChI is InChI=1S/C17H14N2O3S/c1-11-3-5-13(6-4-11)16(20)23-17-19-18-15(22-17)12-7-9-14(21-2)10-8-12/h3-10H,1-2H3. The smallest absolute Gasteiger partial charge is 0.284 e. The zero-order valence-electron chi connectivity index (χ0n) is 12.6. The highest BCUT2D eigenvalue weighted by atomic mass is 32.2. The minimum absolute atomic E-state index is 0.130. The molecule has 0 fully saturated rings. The Kier molecular flexibility index (Phi) is 4.43. The number of carbonyl (C=O) groups is 1. The molecule has 0 aliphatic rings. The van der Waals surface area contributed by atoms with Crippen molar-refractivity contribution in [2.75, 3.05) is 7.11 Å². The molecule has 2 aromatic carbocycles. The van der Waals surface area contributed by atoms with Gasteiger partial charge >= 0.3 is 0 Å². The number of methoxy groups -OCH3 is 1. The predicted molar refractivity (Wildman–Crippen MR) is 87.7 cm³/mol. The van der Waals surface area contributed by atoms with Gasteiger partial charge in [0.05, 0.1) is 7.11 Å². The largest absolute Gasteiger partial charge is 0.497 e. The summed E-state index contributed by atoms with van der Waals surface area (Å²) in [6.07, 6.45) is 0. The molecular formula is C17H14N2O3S. The normalized spacial score (nSPS) is 10.5. The molecule has 116 valence electrons. The molecule has 0 saturated carbocycles. The van der Waals surface area contributed by atoms with E-state index in [1.165, 1.54) is 0 Å². The Hall–Kier alpha value is -2.60. The molecule has 23 heavy (non-hydrogen) atoms. The number of ether oxygens (including phenoxy) is 1. The maximum absolute atomic E-state index is 12.2. The molecule has 0 unspecified atom stereocenters. The molecule has 1 aromatic heterocycles. The second-order valence-corrected chi connectivity index (χ2v) is 5.78. The first kappa shape index (κ1) is 15.3. The summed E-state index contributed by atoms with van der Waals surface area (Å²) < 4.78 is 10.6. The number of thioether (sulfide) groups is 1. The van der Waals surface area contributed by atoms with Crippen LogP contribution in [0.2, 0.25) is 0 Å². The summed E-state index contributed by atoms with van der Waals surface area (Å²) in [6, 6.07) is 14.6. The van der Waals surface area contributed by atoms with Crippen molar-refractivity contribution in [1.29, 1.82) is 0 Å². The maximum atomic E-state index is 12.2. The van der Waals surface area contributed by atoms with Gasteiger partial charge in [-0.2, -0.15) is 0 Å². The van der Waals surface area contributed by atoms with Crippen LogP contribution in [-0.2, 0) is 0 Å². The Bertz CT molecular complexity index is 811. The van der Waals surface area contributed by atoms with Crippen molar-refractivity contribution in [3.8, 4) is 17.2 Å².